The molecule has 0 aliphatic heterocycles. The van der Waals surface area contributed by atoms with Gasteiger partial charge in [-0.1, -0.05) is 19.1 Å². The lowest BCUT2D eigenvalue weighted by Gasteiger charge is -2.13. The molecule has 2 N–H and O–H groups in total. The van der Waals surface area contributed by atoms with E-state index in [1.54, 1.807) is 6.33 Å². The Bertz CT molecular complexity index is 378. The van der Waals surface area contributed by atoms with Gasteiger partial charge in [-0.15, -0.1) is 0 Å². The van der Waals surface area contributed by atoms with Crippen LogP contribution in [0.1, 0.15) is 19.0 Å². The average Bonchev–Trinajstić information content (AvgIpc) is 2.77. The highest BCUT2D eigenvalue weighted by Crippen LogP contribution is 2.20. The molecule has 0 amide bonds. The Labute approximate surface area is 95.4 Å². The molecule has 1 aromatic heterocycles. The molecule has 0 fully saturated rings. The summed E-state index contributed by atoms with van der Waals surface area (Å²) in [4.78, 5) is 8.34. The molecule has 0 aromatic carbocycles. The lowest BCUT2D eigenvalue weighted by atomic mass is 10.1. The summed E-state index contributed by atoms with van der Waals surface area (Å²) in [6.45, 7) is 2.29. The molecule has 1 heterocycles. The van der Waals surface area contributed by atoms with Gasteiger partial charge in [-0.3, -0.25) is 0 Å². The zero-order valence-corrected chi connectivity index (χ0v) is 9.43. The molecule has 16 heavy (non-hydrogen) atoms. The van der Waals surface area contributed by atoms with E-state index in [-0.39, 0.29) is 18.6 Å². The molecule has 0 saturated carbocycles. The van der Waals surface area contributed by atoms with Crippen molar-refractivity contribution >= 4 is 5.82 Å². The molecular formula is C12H17N3O. The van der Waals surface area contributed by atoms with Crippen LogP contribution < -0.4 is 5.32 Å². The van der Waals surface area contributed by atoms with Crippen molar-refractivity contribution in [2.75, 3.05) is 11.9 Å². The molecule has 0 spiro atoms. The van der Waals surface area contributed by atoms with Gasteiger partial charge >= 0.3 is 0 Å². The fraction of sp³-hybridized carbons (Fsp3) is 0.500. The number of nitrogens with zero attached hydrogens (tertiary/aromatic N) is 2. The smallest absolute Gasteiger partial charge is 0.130 e. The van der Waals surface area contributed by atoms with Gasteiger partial charge in [-0.2, -0.15) is 0 Å². The maximum Gasteiger partial charge on any atom is 0.130 e. The second kappa shape index (κ2) is 5.07. The Morgan fingerprint density at radius 3 is 3.00 bits per heavy atom. The lowest BCUT2D eigenvalue weighted by Crippen LogP contribution is -2.17. The molecule has 0 bridgehead atoms. The number of rotatable bonds is 4. The highest BCUT2D eigenvalue weighted by molar-refractivity contribution is 5.38. The summed E-state index contributed by atoms with van der Waals surface area (Å²) in [6, 6.07) is 2.25. The zero-order valence-electron chi connectivity index (χ0n) is 9.43. The topological polar surface area (TPSA) is 58.0 Å². The van der Waals surface area contributed by atoms with Crippen molar-refractivity contribution in [1.82, 2.24) is 9.97 Å². The number of aliphatic hydroxyl groups excluding tert-OH is 1. The third-order valence-corrected chi connectivity index (χ3v) is 2.83. The highest BCUT2D eigenvalue weighted by Gasteiger charge is 2.18. The van der Waals surface area contributed by atoms with Crippen LogP contribution in [0.4, 0.5) is 5.82 Å². The Hall–Kier alpha value is -1.42. The molecule has 0 unspecified atom stereocenters. The molecular weight excluding hydrogens is 202 g/mol. The van der Waals surface area contributed by atoms with E-state index in [0.29, 0.717) is 0 Å². The van der Waals surface area contributed by atoms with Crippen LogP contribution in [0.15, 0.2) is 24.5 Å². The van der Waals surface area contributed by atoms with Gasteiger partial charge in [-0.25, -0.2) is 9.97 Å². The quantitative estimate of drug-likeness (QED) is 0.751. The second-order valence-corrected chi connectivity index (χ2v) is 4.06. The average molecular weight is 219 g/mol. The summed E-state index contributed by atoms with van der Waals surface area (Å²) in [5, 5.41) is 12.4. The van der Waals surface area contributed by atoms with Crippen molar-refractivity contribution in [3.8, 4) is 0 Å². The molecule has 1 aromatic rings. The van der Waals surface area contributed by atoms with Crippen LogP contribution in [0.2, 0.25) is 0 Å². The molecule has 2 rings (SSSR count). The first-order valence-corrected chi connectivity index (χ1v) is 5.68. The number of aromatic nitrogens is 2. The number of hydrogen-bond acceptors (Lipinski definition) is 4. The van der Waals surface area contributed by atoms with Crippen LogP contribution in [-0.4, -0.2) is 27.7 Å². The standard InChI is InChI=1S/C12H17N3O/c1-2-10-6-12(14-8-13-10)15-11-4-3-9(5-11)7-16/h3-4,6,8-9,11,16H,2,5,7H2,1H3,(H,13,14,15)/t9-,11+/m0/s1. The van der Waals surface area contributed by atoms with E-state index in [1.807, 2.05) is 6.07 Å². The van der Waals surface area contributed by atoms with E-state index in [2.05, 4.69) is 34.4 Å². The van der Waals surface area contributed by atoms with E-state index >= 15 is 0 Å². The molecule has 1 aliphatic carbocycles. The van der Waals surface area contributed by atoms with Crippen LogP contribution in [0.25, 0.3) is 0 Å². The number of aliphatic hydroxyl groups is 1. The maximum absolute atomic E-state index is 9.03. The Morgan fingerprint density at radius 1 is 1.44 bits per heavy atom. The summed E-state index contributed by atoms with van der Waals surface area (Å²) in [6.07, 6.45) is 7.58. The van der Waals surface area contributed by atoms with Gasteiger partial charge in [-0.05, 0) is 12.8 Å². The minimum Gasteiger partial charge on any atom is -0.396 e. The lowest BCUT2D eigenvalue weighted by molar-refractivity contribution is 0.250. The van der Waals surface area contributed by atoms with Crippen molar-refractivity contribution in [2.45, 2.75) is 25.8 Å². The Balaban J connectivity index is 1.97. The van der Waals surface area contributed by atoms with Crippen molar-refractivity contribution in [1.29, 1.82) is 0 Å². The third kappa shape index (κ3) is 2.58. The fourth-order valence-electron chi connectivity index (χ4n) is 1.88. The Morgan fingerprint density at radius 2 is 2.31 bits per heavy atom. The van der Waals surface area contributed by atoms with Crippen LogP contribution in [0.5, 0.6) is 0 Å². The minimum absolute atomic E-state index is 0.221. The first kappa shape index (κ1) is 11.1. The van der Waals surface area contributed by atoms with Gasteiger partial charge in [0.25, 0.3) is 0 Å². The van der Waals surface area contributed by atoms with Crippen LogP contribution in [-0.2, 0) is 6.42 Å². The number of aryl methyl sites for hydroxylation is 1. The minimum atomic E-state index is 0.221. The second-order valence-electron chi connectivity index (χ2n) is 4.06. The largest absolute Gasteiger partial charge is 0.396 e. The number of nitrogens with one attached hydrogen (secondary N) is 1. The first-order valence-electron chi connectivity index (χ1n) is 5.68. The van der Waals surface area contributed by atoms with Crippen LogP contribution in [0.3, 0.4) is 0 Å². The molecule has 0 saturated heterocycles. The first-order chi connectivity index (χ1) is 7.81. The Kier molecular flexibility index (Phi) is 3.51. The van der Waals surface area contributed by atoms with Gasteiger partial charge in [0, 0.05) is 30.3 Å². The van der Waals surface area contributed by atoms with Gasteiger partial charge in [0.1, 0.15) is 12.1 Å². The predicted molar refractivity (Wildman–Crippen MR) is 63.2 cm³/mol. The number of anilines is 1. The van der Waals surface area contributed by atoms with Gasteiger partial charge in [0.05, 0.1) is 0 Å². The molecule has 4 heteroatoms. The SMILES string of the molecule is CCc1cc(N[C@@H]2C=C[C@H](CO)C2)ncn1. The molecule has 2 atom stereocenters. The molecule has 4 nitrogen and oxygen atoms in total. The maximum atomic E-state index is 9.03. The summed E-state index contributed by atoms with van der Waals surface area (Å²) < 4.78 is 0. The van der Waals surface area contributed by atoms with Crippen molar-refractivity contribution in [2.24, 2.45) is 5.92 Å². The van der Waals surface area contributed by atoms with Gasteiger partial charge < -0.3 is 10.4 Å². The molecule has 0 radical (unpaired) electrons. The van der Waals surface area contributed by atoms with Gasteiger partial charge in [0.15, 0.2) is 0 Å². The molecule has 1 aliphatic rings. The monoisotopic (exact) mass is 219 g/mol. The normalized spacial score (nSPS) is 23.6. The van der Waals surface area contributed by atoms with Crippen LogP contribution >= 0.6 is 0 Å². The van der Waals surface area contributed by atoms with E-state index in [1.165, 1.54) is 0 Å². The summed E-state index contributed by atoms with van der Waals surface area (Å²) in [5.74, 6) is 1.14. The van der Waals surface area contributed by atoms with E-state index in [9.17, 15) is 0 Å². The van der Waals surface area contributed by atoms with Crippen molar-refractivity contribution in [3.63, 3.8) is 0 Å². The van der Waals surface area contributed by atoms with E-state index in [0.717, 1.165) is 24.4 Å². The third-order valence-electron chi connectivity index (χ3n) is 2.83. The summed E-state index contributed by atoms with van der Waals surface area (Å²) >= 11 is 0. The number of hydrogen-bond donors (Lipinski definition) is 2. The van der Waals surface area contributed by atoms with E-state index < -0.39 is 0 Å². The zero-order chi connectivity index (χ0) is 11.4. The van der Waals surface area contributed by atoms with Gasteiger partial charge in [0.2, 0.25) is 0 Å². The van der Waals surface area contributed by atoms with Crippen molar-refractivity contribution < 1.29 is 5.11 Å². The summed E-state index contributed by atoms with van der Waals surface area (Å²) in [7, 11) is 0. The predicted octanol–water partition coefficient (Wildman–Crippen LogP) is 1.39. The van der Waals surface area contributed by atoms with E-state index in [4.69, 9.17) is 5.11 Å². The highest BCUT2D eigenvalue weighted by atomic mass is 16.3. The van der Waals surface area contributed by atoms with Crippen molar-refractivity contribution in [3.05, 3.63) is 30.2 Å². The van der Waals surface area contributed by atoms with Crippen LogP contribution in [0, 0.1) is 5.92 Å². The molecule has 86 valence electrons. The fourth-order valence-corrected chi connectivity index (χ4v) is 1.88. The summed E-state index contributed by atoms with van der Waals surface area (Å²) in [5.41, 5.74) is 1.04.